The highest BCUT2D eigenvalue weighted by Crippen LogP contribution is 2.47. The second-order valence-electron chi connectivity index (χ2n) is 11.4. The minimum atomic E-state index is 0.887. The van der Waals surface area contributed by atoms with Gasteiger partial charge in [0.15, 0.2) is 0 Å². The first-order chi connectivity index (χ1) is 22.3. The zero-order valence-electron chi connectivity index (χ0n) is 24.5. The van der Waals surface area contributed by atoms with Crippen LogP contribution in [0.15, 0.2) is 174 Å². The highest BCUT2D eigenvalue weighted by molar-refractivity contribution is 6.27. The molecular formula is C42H28N2O. The standard InChI is InChI=1S/C42H28N2O/c1-5-15-29(16-6-1)40-41-34-26-25-33(43(30-17-7-2-8-18-30)31-19-9-3-10-20-31)27-36(34)44(32-21-11-4-12-22-32)37(41)28-39-42(40)35-23-13-14-24-38(35)45-39/h1-28H. The van der Waals surface area contributed by atoms with Crippen molar-refractivity contribution in [2.75, 3.05) is 4.90 Å². The number of fused-ring (bicyclic) bond motifs is 6. The minimum Gasteiger partial charge on any atom is -0.456 e. The fourth-order valence-corrected chi connectivity index (χ4v) is 6.86. The van der Waals surface area contributed by atoms with Crippen LogP contribution in [0.2, 0.25) is 0 Å². The van der Waals surface area contributed by atoms with Crippen molar-refractivity contribution in [2.45, 2.75) is 0 Å². The molecular weight excluding hydrogens is 548 g/mol. The van der Waals surface area contributed by atoms with Crippen LogP contribution in [-0.4, -0.2) is 4.57 Å². The first kappa shape index (κ1) is 25.4. The first-order valence-electron chi connectivity index (χ1n) is 15.3. The average molecular weight is 577 g/mol. The lowest BCUT2D eigenvalue weighted by molar-refractivity contribution is 0.669. The average Bonchev–Trinajstić information content (AvgIpc) is 3.64. The Labute approximate surface area is 260 Å². The number of rotatable bonds is 5. The third-order valence-electron chi connectivity index (χ3n) is 8.74. The van der Waals surface area contributed by atoms with Crippen molar-refractivity contribution < 1.29 is 4.42 Å². The molecule has 7 aromatic carbocycles. The van der Waals surface area contributed by atoms with E-state index in [1.54, 1.807) is 0 Å². The Morgan fingerprint density at radius 3 is 1.71 bits per heavy atom. The second-order valence-corrected chi connectivity index (χ2v) is 11.4. The third-order valence-corrected chi connectivity index (χ3v) is 8.74. The summed E-state index contributed by atoms with van der Waals surface area (Å²) in [5.74, 6) is 0. The molecule has 2 heterocycles. The molecule has 0 aliphatic heterocycles. The lowest BCUT2D eigenvalue weighted by Crippen LogP contribution is -2.09. The highest BCUT2D eigenvalue weighted by Gasteiger charge is 2.23. The number of nitrogens with zero attached hydrogens (tertiary/aromatic N) is 2. The van der Waals surface area contributed by atoms with Gasteiger partial charge in [-0.2, -0.15) is 0 Å². The molecule has 45 heavy (non-hydrogen) atoms. The summed E-state index contributed by atoms with van der Waals surface area (Å²) in [7, 11) is 0. The Kier molecular flexibility index (Phi) is 5.82. The summed E-state index contributed by atoms with van der Waals surface area (Å²) in [6.07, 6.45) is 0. The van der Waals surface area contributed by atoms with Gasteiger partial charge in [0, 0.05) is 55.9 Å². The van der Waals surface area contributed by atoms with Gasteiger partial charge in [0.25, 0.3) is 0 Å². The topological polar surface area (TPSA) is 21.3 Å². The number of hydrogen-bond acceptors (Lipinski definition) is 2. The molecule has 9 aromatic rings. The van der Waals surface area contributed by atoms with E-state index in [4.69, 9.17) is 4.42 Å². The monoisotopic (exact) mass is 576 g/mol. The lowest BCUT2D eigenvalue weighted by atomic mass is 9.94. The van der Waals surface area contributed by atoms with Gasteiger partial charge in [0.1, 0.15) is 11.2 Å². The molecule has 0 saturated carbocycles. The van der Waals surface area contributed by atoms with E-state index in [2.05, 4.69) is 173 Å². The van der Waals surface area contributed by atoms with Crippen LogP contribution in [0, 0.1) is 0 Å². The van der Waals surface area contributed by atoms with Gasteiger partial charge in [-0.05, 0) is 60.2 Å². The maximum Gasteiger partial charge on any atom is 0.138 e. The summed E-state index contributed by atoms with van der Waals surface area (Å²) in [5, 5.41) is 4.70. The summed E-state index contributed by atoms with van der Waals surface area (Å²) >= 11 is 0. The van der Waals surface area contributed by atoms with Crippen molar-refractivity contribution in [3.05, 3.63) is 170 Å². The molecule has 0 amide bonds. The molecule has 3 heteroatoms. The van der Waals surface area contributed by atoms with Crippen molar-refractivity contribution >= 4 is 60.8 Å². The number of aromatic nitrogens is 1. The van der Waals surface area contributed by atoms with Crippen LogP contribution < -0.4 is 4.90 Å². The van der Waals surface area contributed by atoms with Gasteiger partial charge in [-0.25, -0.2) is 0 Å². The molecule has 2 aromatic heterocycles. The lowest BCUT2D eigenvalue weighted by Gasteiger charge is -2.25. The van der Waals surface area contributed by atoms with Gasteiger partial charge in [-0.3, -0.25) is 0 Å². The maximum atomic E-state index is 6.57. The second kappa shape index (κ2) is 10.3. The zero-order chi connectivity index (χ0) is 29.7. The largest absolute Gasteiger partial charge is 0.456 e. The van der Waals surface area contributed by atoms with Crippen molar-refractivity contribution in [3.63, 3.8) is 0 Å². The van der Waals surface area contributed by atoms with E-state index in [0.717, 1.165) is 55.7 Å². The van der Waals surface area contributed by atoms with E-state index in [-0.39, 0.29) is 0 Å². The molecule has 0 aliphatic rings. The zero-order valence-corrected chi connectivity index (χ0v) is 24.5. The maximum absolute atomic E-state index is 6.57. The van der Waals surface area contributed by atoms with Crippen LogP contribution in [0.1, 0.15) is 0 Å². The van der Waals surface area contributed by atoms with Crippen LogP contribution in [0.5, 0.6) is 0 Å². The fourth-order valence-electron chi connectivity index (χ4n) is 6.86. The predicted molar refractivity (Wildman–Crippen MR) is 188 cm³/mol. The van der Waals surface area contributed by atoms with E-state index in [1.807, 2.05) is 6.07 Å². The molecule has 0 saturated heterocycles. The number of furan rings is 1. The molecule has 0 atom stereocenters. The van der Waals surface area contributed by atoms with E-state index < -0.39 is 0 Å². The normalized spacial score (nSPS) is 11.6. The summed E-state index contributed by atoms with van der Waals surface area (Å²) in [4.78, 5) is 2.32. The summed E-state index contributed by atoms with van der Waals surface area (Å²) in [5.41, 5.74) is 10.8. The number of hydrogen-bond donors (Lipinski definition) is 0. The van der Waals surface area contributed by atoms with Crippen LogP contribution in [0.4, 0.5) is 17.1 Å². The molecule has 0 bridgehead atoms. The Morgan fingerprint density at radius 2 is 1.02 bits per heavy atom. The Morgan fingerprint density at radius 1 is 0.422 bits per heavy atom. The summed E-state index contributed by atoms with van der Waals surface area (Å²) < 4.78 is 8.96. The van der Waals surface area contributed by atoms with Crippen LogP contribution in [-0.2, 0) is 0 Å². The van der Waals surface area contributed by atoms with Crippen LogP contribution in [0.3, 0.4) is 0 Å². The van der Waals surface area contributed by atoms with Gasteiger partial charge >= 0.3 is 0 Å². The molecule has 0 spiro atoms. The molecule has 0 unspecified atom stereocenters. The van der Waals surface area contributed by atoms with Crippen LogP contribution >= 0.6 is 0 Å². The molecule has 212 valence electrons. The van der Waals surface area contributed by atoms with E-state index in [0.29, 0.717) is 0 Å². The fraction of sp³-hybridized carbons (Fsp3) is 0. The number of benzene rings is 7. The van der Waals surface area contributed by atoms with Crippen LogP contribution in [0.25, 0.3) is 60.6 Å². The Hall–Kier alpha value is -6.06. The van der Waals surface area contributed by atoms with E-state index >= 15 is 0 Å². The van der Waals surface area contributed by atoms with Gasteiger partial charge < -0.3 is 13.9 Å². The van der Waals surface area contributed by atoms with Gasteiger partial charge in [-0.15, -0.1) is 0 Å². The Bertz CT molecular complexity index is 2420. The van der Waals surface area contributed by atoms with Crippen molar-refractivity contribution in [1.82, 2.24) is 4.57 Å². The summed E-state index contributed by atoms with van der Waals surface area (Å²) in [6, 6.07) is 60.0. The smallest absolute Gasteiger partial charge is 0.138 e. The molecule has 0 aliphatic carbocycles. The molecule has 0 N–H and O–H groups in total. The highest BCUT2D eigenvalue weighted by atomic mass is 16.3. The third kappa shape index (κ3) is 4.05. The van der Waals surface area contributed by atoms with Gasteiger partial charge in [0.05, 0.1) is 11.0 Å². The number of para-hydroxylation sites is 4. The van der Waals surface area contributed by atoms with E-state index in [9.17, 15) is 0 Å². The molecule has 0 radical (unpaired) electrons. The molecule has 3 nitrogen and oxygen atoms in total. The molecule has 9 rings (SSSR count). The van der Waals surface area contributed by atoms with Gasteiger partial charge in [0.2, 0.25) is 0 Å². The van der Waals surface area contributed by atoms with Gasteiger partial charge in [-0.1, -0.05) is 109 Å². The van der Waals surface area contributed by atoms with Crippen molar-refractivity contribution in [3.8, 4) is 16.8 Å². The van der Waals surface area contributed by atoms with E-state index in [1.165, 1.54) is 21.9 Å². The van der Waals surface area contributed by atoms with Crippen molar-refractivity contribution in [1.29, 1.82) is 0 Å². The minimum absolute atomic E-state index is 0.887. The molecule has 0 fully saturated rings. The SMILES string of the molecule is c1ccc(-c2c3c(cc4c2c2ccc(N(c5ccccc5)c5ccccc5)cc2n4-c2ccccc2)oc2ccccc23)cc1. The summed E-state index contributed by atoms with van der Waals surface area (Å²) in [6.45, 7) is 0. The predicted octanol–water partition coefficient (Wildman–Crippen LogP) is 11.8. The first-order valence-corrected chi connectivity index (χ1v) is 15.3. The van der Waals surface area contributed by atoms with Crippen molar-refractivity contribution in [2.24, 2.45) is 0 Å². The quantitative estimate of drug-likeness (QED) is 0.203. The Balaban J connectivity index is 1.44. The number of anilines is 3.